The zero-order chi connectivity index (χ0) is 29.6. The highest BCUT2D eigenvalue weighted by Crippen LogP contribution is 2.34. The van der Waals surface area contributed by atoms with E-state index >= 15 is 0 Å². The number of methoxy groups -OCH3 is 1. The molecule has 0 aromatic heterocycles. The Bertz CT molecular complexity index is 1360. The number of ether oxygens (including phenoxy) is 3. The van der Waals surface area contributed by atoms with E-state index in [1.165, 1.54) is 10.4 Å². The summed E-state index contributed by atoms with van der Waals surface area (Å²) in [5, 5.41) is 9.88. The van der Waals surface area contributed by atoms with Gasteiger partial charge in [0, 0.05) is 49.8 Å². The first-order chi connectivity index (χ1) is 19.6. The van der Waals surface area contributed by atoms with Crippen LogP contribution in [0.2, 0.25) is 0 Å². The summed E-state index contributed by atoms with van der Waals surface area (Å²) in [5.74, 6) is 6.76. The molecular formula is C30H39N3O7S. The molecule has 1 saturated heterocycles. The lowest BCUT2D eigenvalue weighted by Crippen LogP contribution is -2.51. The molecule has 11 heteroatoms. The molecule has 2 aliphatic heterocycles. The summed E-state index contributed by atoms with van der Waals surface area (Å²) in [4.78, 5) is 16.8. The van der Waals surface area contributed by atoms with Crippen molar-refractivity contribution in [1.29, 1.82) is 0 Å². The monoisotopic (exact) mass is 585 g/mol. The fourth-order valence-electron chi connectivity index (χ4n) is 4.78. The summed E-state index contributed by atoms with van der Waals surface area (Å²) < 4.78 is 45.8. The quantitative estimate of drug-likeness (QED) is 0.489. The Morgan fingerprint density at radius 3 is 2.46 bits per heavy atom. The average Bonchev–Trinajstić information content (AvgIpc) is 2.98. The first-order valence-electron chi connectivity index (χ1n) is 13.8. The smallest absolute Gasteiger partial charge is 0.247 e. The van der Waals surface area contributed by atoms with Gasteiger partial charge in [0.1, 0.15) is 22.5 Å². The van der Waals surface area contributed by atoms with E-state index in [0.717, 1.165) is 11.3 Å². The molecule has 41 heavy (non-hydrogen) atoms. The second-order valence-electron chi connectivity index (χ2n) is 10.5. The lowest BCUT2D eigenvalue weighted by atomic mass is 10.0. The molecule has 0 radical (unpaired) electrons. The Balaban J connectivity index is 1.63. The van der Waals surface area contributed by atoms with Crippen molar-refractivity contribution < 1.29 is 32.5 Å². The fraction of sp³-hybridized carbons (Fsp3) is 0.500. The Labute approximate surface area is 242 Å². The van der Waals surface area contributed by atoms with Crippen LogP contribution in [0.25, 0.3) is 0 Å². The molecule has 0 saturated carbocycles. The van der Waals surface area contributed by atoms with Crippen molar-refractivity contribution in [2.75, 3.05) is 66.7 Å². The van der Waals surface area contributed by atoms with Crippen LogP contribution in [-0.4, -0.2) is 112 Å². The van der Waals surface area contributed by atoms with E-state index in [9.17, 15) is 18.3 Å². The standard InChI is InChI=1S/C30H39N3O7S/c1-22-18-33(23(2)21-34)41(36,37)29-12-9-25(6-5-24-7-10-26(38-4)11-8-24)17-27(29)40-28(22)19-31(3)30(35)20-32-13-15-39-16-14-32/h7-12,17,22-23,28,34H,13-16,18-21H2,1-4H3/t22-,23+,28+/m0/s1. The molecule has 2 aromatic carbocycles. The number of hydrogen-bond donors (Lipinski definition) is 1. The zero-order valence-electron chi connectivity index (χ0n) is 24.1. The lowest BCUT2D eigenvalue weighted by molar-refractivity contribution is -0.133. The van der Waals surface area contributed by atoms with Crippen LogP contribution in [0, 0.1) is 17.8 Å². The first-order valence-corrected chi connectivity index (χ1v) is 15.2. The molecule has 1 N–H and O–H groups in total. The first kappa shape index (κ1) is 30.8. The van der Waals surface area contributed by atoms with Crippen molar-refractivity contribution in [3.63, 3.8) is 0 Å². The summed E-state index contributed by atoms with van der Waals surface area (Å²) in [6.45, 7) is 6.56. The van der Waals surface area contributed by atoms with Gasteiger partial charge in [0.25, 0.3) is 0 Å². The van der Waals surface area contributed by atoms with E-state index in [0.29, 0.717) is 31.9 Å². The van der Waals surface area contributed by atoms with Crippen LogP contribution >= 0.6 is 0 Å². The molecule has 1 amide bonds. The molecule has 10 nitrogen and oxygen atoms in total. The molecule has 0 unspecified atom stereocenters. The third kappa shape index (κ3) is 7.58. The number of amides is 1. The SMILES string of the molecule is COc1ccc(C#Cc2ccc3c(c2)O[C@H](CN(C)C(=O)CN2CCOCC2)[C@@H](C)CN([C@H](C)CO)S3(=O)=O)cc1. The normalized spacial score (nSPS) is 21.7. The molecular weight excluding hydrogens is 546 g/mol. The van der Waals surface area contributed by atoms with Crippen molar-refractivity contribution in [3.8, 4) is 23.3 Å². The molecule has 1 fully saturated rings. The molecule has 2 aliphatic rings. The molecule has 0 spiro atoms. The average molecular weight is 586 g/mol. The number of aliphatic hydroxyl groups is 1. The van der Waals surface area contributed by atoms with Gasteiger partial charge in [0.2, 0.25) is 15.9 Å². The maximum Gasteiger partial charge on any atom is 0.247 e. The summed E-state index contributed by atoms with van der Waals surface area (Å²) >= 11 is 0. The maximum atomic E-state index is 13.7. The Morgan fingerprint density at radius 1 is 1.15 bits per heavy atom. The zero-order valence-corrected chi connectivity index (χ0v) is 24.9. The van der Waals surface area contributed by atoms with Gasteiger partial charge in [-0.25, -0.2) is 8.42 Å². The van der Waals surface area contributed by atoms with Gasteiger partial charge in [-0.1, -0.05) is 18.8 Å². The predicted octanol–water partition coefficient (Wildman–Crippen LogP) is 1.65. The van der Waals surface area contributed by atoms with E-state index in [2.05, 4.69) is 16.7 Å². The lowest BCUT2D eigenvalue weighted by Gasteiger charge is -2.38. The van der Waals surface area contributed by atoms with Gasteiger partial charge in [-0.2, -0.15) is 4.31 Å². The van der Waals surface area contributed by atoms with E-state index < -0.39 is 22.2 Å². The number of carbonyl (C=O) groups is 1. The molecule has 3 atom stereocenters. The number of morpholine rings is 1. The van der Waals surface area contributed by atoms with E-state index in [1.807, 2.05) is 31.2 Å². The predicted molar refractivity (Wildman–Crippen MR) is 154 cm³/mol. The number of hydrogen-bond acceptors (Lipinski definition) is 8. The number of fused-ring (bicyclic) bond motifs is 1. The van der Waals surface area contributed by atoms with Crippen LogP contribution < -0.4 is 9.47 Å². The van der Waals surface area contributed by atoms with Gasteiger partial charge in [-0.15, -0.1) is 0 Å². The minimum atomic E-state index is -3.98. The van der Waals surface area contributed by atoms with Crippen LogP contribution in [-0.2, 0) is 19.6 Å². The van der Waals surface area contributed by atoms with Crippen LogP contribution in [0.5, 0.6) is 11.5 Å². The second kappa shape index (κ2) is 13.7. The number of rotatable bonds is 7. The van der Waals surface area contributed by atoms with E-state index in [4.69, 9.17) is 14.2 Å². The van der Waals surface area contributed by atoms with Crippen LogP contribution in [0.15, 0.2) is 47.4 Å². The van der Waals surface area contributed by atoms with Crippen LogP contribution in [0.3, 0.4) is 0 Å². The molecule has 0 bridgehead atoms. The molecule has 2 aromatic rings. The van der Waals surface area contributed by atoms with E-state index in [1.54, 1.807) is 38.1 Å². The largest absolute Gasteiger partial charge is 0.497 e. The van der Waals surface area contributed by atoms with Gasteiger partial charge < -0.3 is 24.2 Å². The molecule has 4 rings (SSSR count). The van der Waals surface area contributed by atoms with E-state index in [-0.39, 0.29) is 48.7 Å². The number of benzene rings is 2. The number of carbonyl (C=O) groups excluding carboxylic acids is 1. The van der Waals surface area contributed by atoms with Gasteiger partial charge in [0.15, 0.2) is 0 Å². The third-order valence-electron chi connectivity index (χ3n) is 7.45. The van der Waals surface area contributed by atoms with Crippen molar-refractivity contribution >= 4 is 15.9 Å². The van der Waals surface area contributed by atoms with Crippen LogP contribution in [0.4, 0.5) is 0 Å². The third-order valence-corrected chi connectivity index (χ3v) is 9.47. The highest BCUT2D eigenvalue weighted by molar-refractivity contribution is 7.89. The van der Waals surface area contributed by atoms with Crippen LogP contribution in [0.1, 0.15) is 25.0 Å². The number of likely N-dealkylation sites (N-methyl/N-ethyl adjacent to an activating group) is 1. The van der Waals surface area contributed by atoms with Gasteiger partial charge in [-0.05, 0) is 49.4 Å². The fourth-order valence-corrected chi connectivity index (χ4v) is 6.61. The molecule has 222 valence electrons. The Hall–Kier alpha value is -3.14. The second-order valence-corrected chi connectivity index (χ2v) is 12.4. The number of sulfonamides is 1. The molecule has 2 heterocycles. The van der Waals surface area contributed by atoms with Gasteiger partial charge in [0.05, 0.1) is 40.0 Å². The maximum absolute atomic E-state index is 13.7. The minimum absolute atomic E-state index is 0.00648. The summed E-state index contributed by atoms with van der Waals surface area (Å²) in [7, 11) is -0.644. The van der Waals surface area contributed by atoms with Crippen molar-refractivity contribution in [1.82, 2.24) is 14.1 Å². The van der Waals surface area contributed by atoms with Crippen molar-refractivity contribution in [2.45, 2.75) is 30.9 Å². The minimum Gasteiger partial charge on any atom is -0.497 e. The number of aliphatic hydroxyl groups excluding tert-OH is 1. The Morgan fingerprint density at radius 2 is 1.80 bits per heavy atom. The topological polar surface area (TPSA) is 109 Å². The van der Waals surface area contributed by atoms with Crippen molar-refractivity contribution in [2.24, 2.45) is 5.92 Å². The highest BCUT2D eigenvalue weighted by Gasteiger charge is 2.38. The summed E-state index contributed by atoms with van der Waals surface area (Å²) in [5.41, 5.74) is 1.36. The van der Waals surface area contributed by atoms with Gasteiger partial charge >= 0.3 is 0 Å². The summed E-state index contributed by atoms with van der Waals surface area (Å²) in [6.07, 6.45) is -0.499. The summed E-state index contributed by atoms with van der Waals surface area (Å²) in [6, 6.07) is 11.5. The Kier molecular flexibility index (Phi) is 10.3. The molecule has 0 aliphatic carbocycles. The van der Waals surface area contributed by atoms with Crippen molar-refractivity contribution in [3.05, 3.63) is 53.6 Å². The highest BCUT2D eigenvalue weighted by atomic mass is 32.2. The number of nitrogens with zero attached hydrogens (tertiary/aromatic N) is 3. The van der Waals surface area contributed by atoms with Gasteiger partial charge in [-0.3, -0.25) is 9.69 Å².